The van der Waals surface area contributed by atoms with E-state index in [-0.39, 0.29) is 5.92 Å². The summed E-state index contributed by atoms with van der Waals surface area (Å²) in [5, 5.41) is 7.40. The van der Waals surface area contributed by atoms with Gasteiger partial charge in [-0.2, -0.15) is 4.98 Å². The van der Waals surface area contributed by atoms with Gasteiger partial charge < -0.3 is 9.42 Å². The van der Waals surface area contributed by atoms with Gasteiger partial charge in [0, 0.05) is 47.5 Å². The Labute approximate surface area is 193 Å². The van der Waals surface area contributed by atoms with Crippen molar-refractivity contribution in [3.8, 4) is 11.1 Å². The second kappa shape index (κ2) is 8.64. The number of aromatic nitrogens is 4. The molecule has 0 amide bonds. The van der Waals surface area contributed by atoms with E-state index in [4.69, 9.17) is 9.51 Å². The molecule has 1 saturated heterocycles. The van der Waals surface area contributed by atoms with Crippen molar-refractivity contribution in [2.45, 2.75) is 26.3 Å². The molecule has 1 fully saturated rings. The minimum absolute atomic E-state index is 0.278. The number of nitrogens with zero attached hydrogens (tertiary/aromatic N) is 6. The molecule has 1 aliphatic heterocycles. The fourth-order valence-corrected chi connectivity index (χ4v) is 4.99. The lowest BCUT2D eigenvalue weighted by atomic mass is 10.1. The van der Waals surface area contributed by atoms with Crippen LogP contribution in [0.15, 0.2) is 45.0 Å². The molecule has 1 aromatic carbocycles. The Morgan fingerprint density at radius 1 is 1.10 bits per heavy atom. The van der Waals surface area contributed by atoms with E-state index in [2.05, 4.69) is 84.3 Å². The van der Waals surface area contributed by atoms with Gasteiger partial charge in [0.15, 0.2) is 5.82 Å². The Kier molecular flexibility index (Phi) is 5.73. The molecule has 0 aliphatic carbocycles. The highest BCUT2D eigenvalue weighted by molar-refractivity contribution is 9.10. The van der Waals surface area contributed by atoms with Gasteiger partial charge >= 0.3 is 0 Å². The standard InChI is InChI=1S/C22H23BrN6OS/c1-14(2)20-26-18(30-27-20)11-28-7-9-29(10-8-28)21-19-17(12-31-22(19)25-13-24-21)15-3-5-16(23)6-4-15/h3-6,12-14H,7-11H2,1-2H3. The molecule has 0 bridgehead atoms. The summed E-state index contributed by atoms with van der Waals surface area (Å²) in [6.45, 7) is 8.46. The SMILES string of the molecule is CC(C)c1noc(CN2CCN(c3ncnc4scc(-c5ccc(Br)cc5)c34)CC2)n1. The van der Waals surface area contributed by atoms with Crippen LogP contribution in [-0.4, -0.2) is 51.2 Å². The summed E-state index contributed by atoms with van der Waals surface area (Å²) in [7, 11) is 0. The van der Waals surface area contributed by atoms with E-state index < -0.39 is 0 Å². The predicted molar refractivity (Wildman–Crippen MR) is 126 cm³/mol. The van der Waals surface area contributed by atoms with Crippen LogP contribution in [0.4, 0.5) is 5.82 Å². The zero-order valence-electron chi connectivity index (χ0n) is 17.5. The van der Waals surface area contributed by atoms with Gasteiger partial charge in [-0.1, -0.05) is 47.1 Å². The average Bonchev–Trinajstić information content (AvgIpc) is 3.42. The van der Waals surface area contributed by atoms with E-state index in [1.807, 2.05) is 0 Å². The minimum Gasteiger partial charge on any atom is -0.353 e. The molecule has 0 saturated carbocycles. The molecule has 0 atom stereocenters. The van der Waals surface area contributed by atoms with Crippen molar-refractivity contribution in [3.05, 3.63) is 52.2 Å². The van der Waals surface area contributed by atoms with Crippen molar-refractivity contribution in [2.75, 3.05) is 31.1 Å². The summed E-state index contributed by atoms with van der Waals surface area (Å²) in [5.41, 5.74) is 2.37. The van der Waals surface area contributed by atoms with Crippen LogP contribution in [0, 0.1) is 0 Å². The number of rotatable bonds is 5. The normalized spacial score (nSPS) is 15.3. The Balaban J connectivity index is 1.35. The third kappa shape index (κ3) is 4.22. The molecule has 0 N–H and O–H groups in total. The first-order valence-electron chi connectivity index (χ1n) is 10.4. The van der Waals surface area contributed by atoms with Crippen LogP contribution in [-0.2, 0) is 6.54 Å². The largest absolute Gasteiger partial charge is 0.353 e. The number of hydrogen-bond donors (Lipinski definition) is 0. The maximum atomic E-state index is 5.42. The highest BCUT2D eigenvalue weighted by Gasteiger charge is 2.23. The zero-order valence-corrected chi connectivity index (χ0v) is 19.9. The molecule has 9 heteroatoms. The highest BCUT2D eigenvalue weighted by atomic mass is 79.9. The van der Waals surface area contributed by atoms with Gasteiger partial charge in [-0.3, -0.25) is 4.90 Å². The molecule has 4 heterocycles. The molecule has 5 rings (SSSR count). The van der Waals surface area contributed by atoms with Crippen LogP contribution in [0.2, 0.25) is 0 Å². The smallest absolute Gasteiger partial charge is 0.240 e. The van der Waals surface area contributed by atoms with Crippen molar-refractivity contribution in [1.29, 1.82) is 0 Å². The maximum Gasteiger partial charge on any atom is 0.240 e. The summed E-state index contributed by atoms with van der Waals surface area (Å²) in [6.07, 6.45) is 1.68. The van der Waals surface area contributed by atoms with Crippen molar-refractivity contribution >= 4 is 43.3 Å². The topological polar surface area (TPSA) is 71.2 Å². The molecule has 1 aliphatic rings. The number of thiophene rings is 1. The third-order valence-electron chi connectivity index (χ3n) is 5.54. The van der Waals surface area contributed by atoms with Crippen LogP contribution in [0.1, 0.15) is 31.5 Å². The van der Waals surface area contributed by atoms with Crippen molar-refractivity contribution in [1.82, 2.24) is 25.0 Å². The van der Waals surface area contributed by atoms with Gasteiger partial charge in [-0.05, 0) is 17.7 Å². The first-order valence-corrected chi connectivity index (χ1v) is 12.0. The van der Waals surface area contributed by atoms with Gasteiger partial charge in [-0.25, -0.2) is 9.97 Å². The molecule has 3 aromatic heterocycles. The van der Waals surface area contributed by atoms with E-state index in [0.29, 0.717) is 12.4 Å². The Hall–Kier alpha value is -2.36. The molecule has 0 spiro atoms. The molecular formula is C22H23BrN6OS. The molecule has 0 unspecified atom stereocenters. The summed E-state index contributed by atoms with van der Waals surface area (Å²) < 4.78 is 6.50. The van der Waals surface area contributed by atoms with Crippen molar-refractivity contribution in [3.63, 3.8) is 0 Å². The number of halogens is 1. The lowest BCUT2D eigenvalue weighted by molar-refractivity contribution is 0.215. The van der Waals surface area contributed by atoms with Crippen LogP contribution in [0.3, 0.4) is 0 Å². The van der Waals surface area contributed by atoms with E-state index in [1.54, 1.807) is 17.7 Å². The minimum atomic E-state index is 0.278. The molecule has 31 heavy (non-hydrogen) atoms. The Morgan fingerprint density at radius 3 is 2.58 bits per heavy atom. The first kappa shape index (κ1) is 20.5. The molecular weight excluding hydrogens is 476 g/mol. The van der Waals surface area contributed by atoms with Gasteiger partial charge in [0.25, 0.3) is 0 Å². The second-order valence-corrected chi connectivity index (χ2v) is 9.77. The summed E-state index contributed by atoms with van der Waals surface area (Å²) >= 11 is 5.19. The van der Waals surface area contributed by atoms with Crippen molar-refractivity contribution in [2.24, 2.45) is 0 Å². The highest BCUT2D eigenvalue weighted by Crippen LogP contribution is 2.38. The number of hydrogen-bond acceptors (Lipinski definition) is 8. The van der Waals surface area contributed by atoms with Crippen LogP contribution >= 0.6 is 27.3 Å². The van der Waals surface area contributed by atoms with Crippen molar-refractivity contribution < 1.29 is 4.52 Å². The van der Waals surface area contributed by atoms with Crippen LogP contribution in [0.5, 0.6) is 0 Å². The summed E-state index contributed by atoms with van der Waals surface area (Å²) in [6, 6.07) is 8.42. The Morgan fingerprint density at radius 2 is 1.87 bits per heavy atom. The van der Waals surface area contributed by atoms with E-state index in [1.165, 1.54) is 11.1 Å². The lowest BCUT2D eigenvalue weighted by Gasteiger charge is -2.35. The number of piperazine rings is 1. The molecule has 4 aromatic rings. The van der Waals surface area contributed by atoms with E-state index >= 15 is 0 Å². The Bertz CT molecular complexity index is 1180. The fraction of sp³-hybridized carbons (Fsp3) is 0.364. The van der Waals surface area contributed by atoms with E-state index in [9.17, 15) is 0 Å². The number of benzene rings is 1. The van der Waals surface area contributed by atoms with Gasteiger partial charge in [-0.15, -0.1) is 11.3 Å². The second-order valence-electron chi connectivity index (χ2n) is 8.00. The number of anilines is 1. The van der Waals surface area contributed by atoms with Gasteiger partial charge in [0.05, 0.1) is 11.9 Å². The van der Waals surface area contributed by atoms with Gasteiger partial charge in [0.1, 0.15) is 17.0 Å². The summed E-state index contributed by atoms with van der Waals surface area (Å²) in [4.78, 5) is 19.5. The maximum absolute atomic E-state index is 5.42. The number of fused-ring (bicyclic) bond motifs is 1. The predicted octanol–water partition coefficient (Wildman–Crippen LogP) is 4.95. The van der Waals surface area contributed by atoms with Crippen LogP contribution in [0.25, 0.3) is 21.3 Å². The first-order chi connectivity index (χ1) is 15.1. The zero-order chi connectivity index (χ0) is 21.4. The lowest BCUT2D eigenvalue weighted by Crippen LogP contribution is -2.46. The monoisotopic (exact) mass is 498 g/mol. The molecule has 160 valence electrons. The third-order valence-corrected chi connectivity index (χ3v) is 6.95. The average molecular weight is 499 g/mol. The quantitative estimate of drug-likeness (QED) is 0.385. The van der Waals surface area contributed by atoms with Gasteiger partial charge in [0.2, 0.25) is 5.89 Å². The van der Waals surface area contributed by atoms with Crippen LogP contribution < -0.4 is 4.90 Å². The molecule has 0 radical (unpaired) electrons. The van der Waals surface area contributed by atoms with E-state index in [0.717, 1.165) is 52.5 Å². The molecule has 7 nitrogen and oxygen atoms in total. The summed E-state index contributed by atoms with van der Waals surface area (Å²) in [5.74, 6) is 2.76. The fourth-order valence-electron chi connectivity index (χ4n) is 3.82.